The molecule has 9 heteroatoms. The number of fused-ring (bicyclic) bond motifs is 3. The molecule has 1 saturated heterocycles. The smallest absolute Gasteiger partial charge is 0.243 e. The summed E-state index contributed by atoms with van der Waals surface area (Å²) in [7, 11) is -3.59. The Morgan fingerprint density at radius 1 is 1.06 bits per heavy atom. The van der Waals surface area contributed by atoms with Crippen LogP contribution in [0.15, 0.2) is 59.8 Å². The van der Waals surface area contributed by atoms with Crippen LogP contribution in [0.25, 0.3) is 21.9 Å². The lowest BCUT2D eigenvalue weighted by Crippen LogP contribution is -2.38. The van der Waals surface area contributed by atoms with Gasteiger partial charge in [0.2, 0.25) is 10.0 Å². The summed E-state index contributed by atoms with van der Waals surface area (Å²) in [6.45, 7) is 1.71. The van der Waals surface area contributed by atoms with Gasteiger partial charge in [-0.25, -0.2) is 22.8 Å². The molecule has 6 nitrogen and oxygen atoms in total. The number of hydrogen-bond donors (Lipinski definition) is 0. The fourth-order valence-corrected chi connectivity index (χ4v) is 6.13. The molecular weight excluding hydrogens is 451 g/mol. The summed E-state index contributed by atoms with van der Waals surface area (Å²) in [6, 6.07) is 12.9. The second kappa shape index (κ2) is 8.42. The Morgan fingerprint density at radius 2 is 1.78 bits per heavy atom. The van der Waals surface area contributed by atoms with Crippen molar-refractivity contribution < 1.29 is 12.8 Å². The van der Waals surface area contributed by atoms with E-state index in [0.717, 1.165) is 42.2 Å². The maximum absolute atomic E-state index is 13.1. The van der Waals surface area contributed by atoms with Gasteiger partial charge in [-0.3, -0.25) is 0 Å². The van der Waals surface area contributed by atoms with Gasteiger partial charge in [0.05, 0.1) is 22.3 Å². The lowest BCUT2D eigenvalue weighted by Gasteiger charge is -2.31. The highest BCUT2D eigenvalue weighted by Gasteiger charge is 2.29. The van der Waals surface area contributed by atoms with E-state index in [4.69, 9.17) is 11.6 Å². The molecule has 0 aliphatic carbocycles. The van der Waals surface area contributed by atoms with E-state index in [-0.39, 0.29) is 4.90 Å². The molecule has 0 spiro atoms. The first kappa shape index (κ1) is 21.3. The van der Waals surface area contributed by atoms with Crippen molar-refractivity contribution in [3.63, 3.8) is 0 Å². The molecule has 0 unspecified atom stereocenters. The fourth-order valence-electron chi connectivity index (χ4n) is 4.43. The Labute approximate surface area is 190 Å². The van der Waals surface area contributed by atoms with Crippen LogP contribution in [0.4, 0.5) is 4.39 Å². The highest BCUT2D eigenvalue weighted by Crippen LogP contribution is 2.30. The predicted octanol–water partition coefficient (Wildman–Crippen LogP) is 4.87. The van der Waals surface area contributed by atoms with Crippen LogP contribution in [-0.2, 0) is 16.6 Å². The van der Waals surface area contributed by atoms with Gasteiger partial charge in [0.25, 0.3) is 0 Å². The van der Waals surface area contributed by atoms with Gasteiger partial charge in [0.15, 0.2) is 5.15 Å². The van der Waals surface area contributed by atoms with E-state index in [2.05, 4.69) is 14.5 Å². The Hall–Kier alpha value is -2.55. The van der Waals surface area contributed by atoms with E-state index in [1.807, 2.05) is 24.3 Å². The number of rotatable bonds is 5. The van der Waals surface area contributed by atoms with E-state index in [0.29, 0.717) is 29.7 Å². The molecule has 5 rings (SSSR count). The van der Waals surface area contributed by atoms with Crippen LogP contribution < -0.4 is 0 Å². The number of nitrogens with zero attached hydrogens (tertiary/aromatic N) is 4. The molecule has 0 amide bonds. The third kappa shape index (κ3) is 3.87. The number of halogens is 2. The SMILES string of the molecule is O=S(=O)(c1ccc(F)cc1)N1CCC(CCn2cnc3c(Cl)nc4ccccc4c32)CC1. The number of aryl methyl sites for hydroxylation is 1. The zero-order chi connectivity index (χ0) is 22.3. The summed E-state index contributed by atoms with van der Waals surface area (Å²) in [5, 5.41) is 1.42. The van der Waals surface area contributed by atoms with Gasteiger partial charge in [-0.05, 0) is 55.5 Å². The molecule has 2 aromatic heterocycles. The monoisotopic (exact) mass is 472 g/mol. The number of imidazole rings is 1. The molecule has 0 radical (unpaired) electrons. The topological polar surface area (TPSA) is 68.1 Å². The summed E-state index contributed by atoms with van der Waals surface area (Å²) in [5.74, 6) is -0.0322. The number of para-hydroxylation sites is 1. The van der Waals surface area contributed by atoms with Gasteiger partial charge in [-0.1, -0.05) is 29.8 Å². The first-order valence-corrected chi connectivity index (χ1v) is 12.4. The molecule has 0 saturated carbocycles. The van der Waals surface area contributed by atoms with Crippen LogP contribution in [0.2, 0.25) is 5.15 Å². The lowest BCUT2D eigenvalue weighted by atomic mass is 9.94. The average Bonchev–Trinajstić information content (AvgIpc) is 3.23. The number of pyridine rings is 1. The van der Waals surface area contributed by atoms with Crippen LogP contribution in [0, 0.1) is 11.7 Å². The van der Waals surface area contributed by atoms with Crippen LogP contribution >= 0.6 is 11.6 Å². The maximum Gasteiger partial charge on any atom is 0.243 e. The minimum Gasteiger partial charge on any atom is -0.330 e. The van der Waals surface area contributed by atoms with Crippen molar-refractivity contribution in [2.45, 2.75) is 30.7 Å². The molecule has 32 heavy (non-hydrogen) atoms. The summed E-state index contributed by atoms with van der Waals surface area (Å²) < 4.78 is 42.4. The summed E-state index contributed by atoms with van der Waals surface area (Å²) in [4.78, 5) is 9.04. The number of hydrogen-bond acceptors (Lipinski definition) is 4. The van der Waals surface area contributed by atoms with Gasteiger partial charge in [0, 0.05) is 25.0 Å². The van der Waals surface area contributed by atoms with Gasteiger partial charge < -0.3 is 4.57 Å². The summed E-state index contributed by atoms with van der Waals surface area (Å²) in [5.41, 5.74) is 2.52. The van der Waals surface area contributed by atoms with Gasteiger partial charge in [-0.15, -0.1) is 0 Å². The predicted molar refractivity (Wildman–Crippen MR) is 123 cm³/mol. The van der Waals surface area contributed by atoms with Crippen molar-refractivity contribution in [2.75, 3.05) is 13.1 Å². The summed E-state index contributed by atoms with van der Waals surface area (Å²) >= 11 is 6.35. The highest BCUT2D eigenvalue weighted by atomic mass is 35.5. The molecule has 1 aliphatic rings. The molecule has 0 atom stereocenters. The second-order valence-corrected chi connectivity index (χ2v) is 10.4. The number of sulfonamides is 1. The molecule has 0 bridgehead atoms. The first-order valence-electron chi connectivity index (χ1n) is 10.6. The number of piperidine rings is 1. The molecule has 166 valence electrons. The zero-order valence-electron chi connectivity index (χ0n) is 17.3. The van der Waals surface area contributed by atoms with Gasteiger partial charge in [0.1, 0.15) is 11.3 Å². The van der Waals surface area contributed by atoms with Crippen molar-refractivity contribution in [1.82, 2.24) is 18.8 Å². The van der Waals surface area contributed by atoms with Gasteiger partial charge in [-0.2, -0.15) is 4.31 Å². The molecular formula is C23H22ClFN4O2S. The van der Waals surface area contributed by atoms with Gasteiger partial charge >= 0.3 is 0 Å². The maximum atomic E-state index is 13.1. The van der Waals surface area contributed by atoms with Crippen molar-refractivity contribution in [1.29, 1.82) is 0 Å². The Balaban J connectivity index is 1.28. The van der Waals surface area contributed by atoms with E-state index >= 15 is 0 Å². The van der Waals surface area contributed by atoms with Crippen LogP contribution in [0.5, 0.6) is 0 Å². The molecule has 1 aliphatic heterocycles. The van der Waals surface area contributed by atoms with Crippen molar-refractivity contribution in [3.05, 3.63) is 65.8 Å². The lowest BCUT2D eigenvalue weighted by molar-refractivity contribution is 0.257. The third-order valence-corrected chi connectivity index (χ3v) is 8.39. The van der Waals surface area contributed by atoms with Crippen LogP contribution in [0.3, 0.4) is 0 Å². The fraction of sp³-hybridized carbons (Fsp3) is 0.304. The standard InChI is InChI=1S/C23H22ClFN4O2S/c24-23-21-22(19-3-1-2-4-20(19)27-23)28(15-26-21)12-9-16-10-13-29(14-11-16)32(30,31)18-7-5-17(25)6-8-18/h1-8,15-16H,9-14H2. The molecule has 1 fully saturated rings. The van der Waals surface area contributed by atoms with Crippen LogP contribution in [0.1, 0.15) is 19.3 Å². The minimum absolute atomic E-state index is 0.139. The Bertz CT molecular complexity index is 1380. The zero-order valence-corrected chi connectivity index (χ0v) is 18.9. The molecule has 2 aromatic carbocycles. The Morgan fingerprint density at radius 3 is 2.53 bits per heavy atom. The third-order valence-electron chi connectivity index (χ3n) is 6.21. The van der Waals surface area contributed by atoms with Crippen LogP contribution in [-0.4, -0.2) is 40.3 Å². The van der Waals surface area contributed by atoms with Crippen molar-refractivity contribution >= 4 is 43.6 Å². The van der Waals surface area contributed by atoms with E-state index in [1.165, 1.54) is 28.6 Å². The number of benzene rings is 2. The largest absolute Gasteiger partial charge is 0.330 e. The summed E-state index contributed by atoms with van der Waals surface area (Å²) in [6.07, 6.45) is 4.30. The van der Waals surface area contributed by atoms with E-state index in [1.54, 1.807) is 6.33 Å². The Kier molecular flexibility index (Phi) is 5.61. The highest BCUT2D eigenvalue weighted by molar-refractivity contribution is 7.89. The molecule has 0 N–H and O–H groups in total. The van der Waals surface area contributed by atoms with E-state index < -0.39 is 15.8 Å². The van der Waals surface area contributed by atoms with Crippen molar-refractivity contribution in [2.24, 2.45) is 5.92 Å². The quantitative estimate of drug-likeness (QED) is 0.389. The minimum atomic E-state index is -3.59. The van der Waals surface area contributed by atoms with E-state index in [9.17, 15) is 12.8 Å². The number of aromatic nitrogens is 3. The molecule has 3 heterocycles. The molecule has 4 aromatic rings. The van der Waals surface area contributed by atoms with Crippen molar-refractivity contribution in [3.8, 4) is 0 Å². The normalized spacial score (nSPS) is 16.2. The average molecular weight is 473 g/mol. The first-order chi connectivity index (χ1) is 15.4. The second-order valence-electron chi connectivity index (χ2n) is 8.14.